The fraction of sp³-hybridized carbons (Fsp3) is 0.634. The maximum Gasteiger partial charge on any atom is 0.308 e. The Kier molecular flexibility index (Phi) is 12.2. The summed E-state index contributed by atoms with van der Waals surface area (Å²) in [7, 11) is -3.56. The summed E-state index contributed by atoms with van der Waals surface area (Å²) in [6.45, 7) is 22.5. The van der Waals surface area contributed by atoms with Gasteiger partial charge in [0.15, 0.2) is 5.79 Å². The van der Waals surface area contributed by atoms with E-state index in [-0.39, 0.29) is 53.0 Å². The molecule has 0 aromatic heterocycles. The molecular formula is C41H62O8Si2. The molecule has 2 saturated heterocycles. The molecule has 0 bridgehead atoms. The number of benzene rings is 2. The van der Waals surface area contributed by atoms with E-state index >= 15 is 0 Å². The van der Waals surface area contributed by atoms with Crippen molar-refractivity contribution in [3.05, 3.63) is 72.5 Å². The van der Waals surface area contributed by atoms with E-state index in [9.17, 15) is 4.79 Å². The van der Waals surface area contributed by atoms with Crippen LogP contribution in [0.5, 0.6) is 0 Å². The molecule has 0 unspecified atom stereocenters. The normalized spacial score (nSPS) is 27.5. The summed E-state index contributed by atoms with van der Waals surface area (Å²) in [5.41, 5.74) is 0. The number of hydrogen-bond donors (Lipinski definition) is 0. The van der Waals surface area contributed by atoms with Crippen LogP contribution in [-0.2, 0) is 37.3 Å². The first-order valence-electron chi connectivity index (χ1n) is 18.7. The summed E-state index contributed by atoms with van der Waals surface area (Å²) in [6, 6.07) is 21.6. The Balaban J connectivity index is 1.46. The monoisotopic (exact) mass is 738 g/mol. The van der Waals surface area contributed by atoms with Gasteiger partial charge in [-0.25, -0.2) is 0 Å². The van der Waals surface area contributed by atoms with E-state index in [0.29, 0.717) is 32.3 Å². The van der Waals surface area contributed by atoms with Crippen LogP contribution in [0.1, 0.15) is 87.5 Å². The molecule has 3 heterocycles. The Bertz CT molecular complexity index is 1440. The van der Waals surface area contributed by atoms with Gasteiger partial charge in [-0.1, -0.05) is 102 Å². The molecule has 8 nitrogen and oxygen atoms in total. The lowest BCUT2D eigenvalue weighted by molar-refractivity contribution is -0.185. The zero-order valence-corrected chi connectivity index (χ0v) is 34.8. The minimum absolute atomic E-state index is 0.0296. The van der Waals surface area contributed by atoms with Gasteiger partial charge in [0.1, 0.15) is 6.10 Å². The van der Waals surface area contributed by atoms with Crippen LogP contribution in [-0.4, -0.2) is 78.7 Å². The second-order valence-electron chi connectivity index (χ2n) is 17.6. The Morgan fingerprint density at radius 1 is 0.843 bits per heavy atom. The summed E-state index contributed by atoms with van der Waals surface area (Å²) >= 11 is 0. The minimum Gasteiger partial charge on any atom is -0.547 e. The van der Waals surface area contributed by atoms with Crippen molar-refractivity contribution >= 4 is 33.0 Å². The van der Waals surface area contributed by atoms with Gasteiger partial charge in [-0.3, -0.25) is 4.79 Å². The SMILES string of the molecule is COC(=O)C[C@@H]1C=C(O[Si](C)(C)C(C)(C)C)C[C@@H](C[C@@H]2C[C@@H](O[Si](c3ccccc3)(c3ccccc3)C(C)(C)C)C[C@H]([C@@H]3COC(C)(C)O3)O2)O1. The molecule has 51 heavy (non-hydrogen) atoms. The number of carbonyl (C=O) groups excluding carboxylic acids is 1. The Hall–Kier alpha value is -2.32. The summed E-state index contributed by atoms with van der Waals surface area (Å²) in [5.74, 6) is -0.0882. The van der Waals surface area contributed by atoms with Crippen molar-refractivity contribution in [1.29, 1.82) is 0 Å². The molecular weight excluding hydrogens is 677 g/mol. The van der Waals surface area contributed by atoms with Crippen LogP contribution in [0.2, 0.25) is 23.2 Å². The largest absolute Gasteiger partial charge is 0.547 e. The van der Waals surface area contributed by atoms with Gasteiger partial charge in [-0.2, -0.15) is 0 Å². The summed E-state index contributed by atoms with van der Waals surface area (Å²) < 4.78 is 45.6. The van der Waals surface area contributed by atoms with Crippen LogP contribution in [0, 0.1) is 0 Å². The van der Waals surface area contributed by atoms with Crippen LogP contribution >= 0.6 is 0 Å². The molecule has 0 aliphatic carbocycles. The van der Waals surface area contributed by atoms with Gasteiger partial charge >= 0.3 is 5.97 Å². The highest BCUT2D eigenvalue weighted by Gasteiger charge is 2.53. The van der Waals surface area contributed by atoms with Crippen molar-refractivity contribution in [3.8, 4) is 0 Å². The van der Waals surface area contributed by atoms with E-state index in [1.165, 1.54) is 17.5 Å². The van der Waals surface area contributed by atoms with E-state index in [2.05, 4.69) is 115 Å². The molecule has 6 atom stereocenters. The number of esters is 1. The Morgan fingerprint density at radius 3 is 1.96 bits per heavy atom. The lowest BCUT2D eigenvalue weighted by atomic mass is 9.93. The molecule has 10 heteroatoms. The highest BCUT2D eigenvalue weighted by atomic mass is 28.4. The molecule has 0 spiro atoms. The molecule has 3 aliphatic rings. The molecule has 282 valence electrons. The predicted molar refractivity (Wildman–Crippen MR) is 206 cm³/mol. The lowest BCUT2D eigenvalue weighted by Crippen LogP contribution is -2.68. The zero-order chi connectivity index (χ0) is 37.2. The average Bonchev–Trinajstić information content (AvgIpc) is 3.42. The van der Waals surface area contributed by atoms with Crippen LogP contribution in [0.4, 0.5) is 0 Å². The summed E-state index contributed by atoms with van der Waals surface area (Å²) in [4.78, 5) is 12.4. The van der Waals surface area contributed by atoms with Crippen LogP contribution in [0.3, 0.4) is 0 Å². The Labute approximate surface area is 308 Å². The van der Waals surface area contributed by atoms with E-state index in [0.717, 1.165) is 5.76 Å². The number of carbonyl (C=O) groups is 1. The number of hydrogen-bond acceptors (Lipinski definition) is 8. The molecule has 3 aliphatic heterocycles. The topological polar surface area (TPSA) is 81.7 Å². The van der Waals surface area contributed by atoms with Gasteiger partial charge < -0.3 is 32.5 Å². The van der Waals surface area contributed by atoms with Crippen molar-refractivity contribution in [2.75, 3.05) is 13.7 Å². The molecule has 0 N–H and O–H groups in total. The lowest BCUT2D eigenvalue weighted by Gasteiger charge is -2.48. The molecule has 5 rings (SSSR count). The number of ether oxygens (including phenoxy) is 5. The highest BCUT2D eigenvalue weighted by molar-refractivity contribution is 6.99. The first-order valence-corrected chi connectivity index (χ1v) is 23.5. The van der Waals surface area contributed by atoms with E-state index in [1.54, 1.807) is 0 Å². The van der Waals surface area contributed by atoms with Gasteiger partial charge in [0.05, 0.1) is 56.4 Å². The van der Waals surface area contributed by atoms with Crippen molar-refractivity contribution in [2.24, 2.45) is 0 Å². The summed E-state index contributed by atoms with van der Waals surface area (Å²) in [6.07, 6.45) is 3.41. The third-order valence-corrected chi connectivity index (χ3v) is 20.6. The molecule has 0 radical (unpaired) electrons. The second-order valence-corrected chi connectivity index (χ2v) is 26.5. The minimum atomic E-state index is -2.84. The molecule has 2 aromatic rings. The molecule has 2 aromatic carbocycles. The maximum atomic E-state index is 12.4. The van der Waals surface area contributed by atoms with Crippen molar-refractivity contribution in [1.82, 2.24) is 0 Å². The molecule has 0 saturated carbocycles. The van der Waals surface area contributed by atoms with Gasteiger partial charge in [0.25, 0.3) is 8.32 Å². The third-order valence-electron chi connectivity index (χ3n) is 11.1. The van der Waals surface area contributed by atoms with Crippen molar-refractivity contribution < 1.29 is 37.3 Å². The first kappa shape index (κ1) is 39.9. The number of rotatable bonds is 11. The van der Waals surface area contributed by atoms with Crippen LogP contribution < -0.4 is 10.4 Å². The predicted octanol–water partition coefficient (Wildman–Crippen LogP) is 7.65. The van der Waals surface area contributed by atoms with Gasteiger partial charge in [0.2, 0.25) is 8.32 Å². The Morgan fingerprint density at radius 2 is 1.45 bits per heavy atom. The maximum absolute atomic E-state index is 12.4. The van der Waals surface area contributed by atoms with Gasteiger partial charge in [0, 0.05) is 19.3 Å². The quantitative estimate of drug-likeness (QED) is 0.172. The van der Waals surface area contributed by atoms with Gasteiger partial charge in [-0.15, -0.1) is 0 Å². The smallest absolute Gasteiger partial charge is 0.308 e. The standard InChI is InChI=1S/C41H62O8Si2/c1-39(2,3)50(10,11)48-32-23-29(45-31(25-32)27-38(42)43-9)22-30-24-33(26-36(46-30)37-28-44-41(7,8)47-37)49-51(40(4,5)6,34-18-14-12-15-19-34)35-20-16-13-17-21-35/h12-21,25,29-31,33,36-37H,22-24,26-28H2,1-11H3/t29-,30-,31+,33-,36-,37+/m1/s1. The summed E-state index contributed by atoms with van der Waals surface area (Å²) in [5, 5.41) is 2.37. The highest BCUT2D eigenvalue weighted by Crippen LogP contribution is 2.43. The van der Waals surface area contributed by atoms with Crippen molar-refractivity contribution in [3.63, 3.8) is 0 Å². The zero-order valence-electron chi connectivity index (χ0n) is 32.8. The number of methoxy groups -OCH3 is 1. The van der Waals surface area contributed by atoms with E-state index in [4.69, 9.17) is 32.5 Å². The van der Waals surface area contributed by atoms with E-state index in [1.807, 2.05) is 19.9 Å². The fourth-order valence-corrected chi connectivity index (χ4v) is 13.3. The molecule has 0 amide bonds. The third kappa shape index (κ3) is 9.44. The molecule has 2 fully saturated rings. The van der Waals surface area contributed by atoms with E-state index < -0.39 is 28.5 Å². The van der Waals surface area contributed by atoms with Crippen LogP contribution in [0.15, 0.2) is 72.5 Å². The van der Waals surface area contributed by atoms with Gasteiger partial charge in [-0.05, 0) is 59.9 Å². The second kappa shape index (κ2) is 15.6. The first-order chi connectivity index (χ1) is 23.8. The fourth-order valence-electron chi connectivity index (χ4n) is 7.51. The van der Waals surface area contributed by atoms with Crippen molar-refractivity contribution in [2.45, 2.75) is 153 Å². The van der Waals surface area contributed by atoms with Crippen LogP contribution in [0.25, 0.3) is 0 Å². The average molecular weight is 739 g/mol.